The molecule has 1 aliphatic rings. The predicted molar refractivity (Wildman–Crippen MR) is 130 cm³/mol. The van der Waals surface area contributed by atoms with Crippen molar-refractivity contribution in [3.8, 4) is 0 Å². The summed E-state index contributed by atoms with van der Waals surface area (Å²) in [6.45, 7) is 5.12. The van der Waals surface area contributed by atoms with Crippen LogP contribution in [0.3, 0.4) is 0 Å². The third-order valence-corrected chi connectivity index (χ3v) is 5.84. The first-order valence-corrected chi connectivity index (χ1v) is 10.2. The van der Waals surface area contributed by atoms with Crippen molar-refractivity contribution in [1.29, 1.82) is 0 Å². The monoisotopic (exact) mass is 506 g/mol. The summed E-state index contributed by atoms with van der Waals surface area (Å²) < 4.78 is 1.89. The number of nitrogens with one attached hydrogen (secondary N) is 2. The normalized spacial score (nSPS) is 17.0. The number of halogens is 1. The van der Waals surface area contributed by atoms with Crippen molar-refractivity contribution in [1.82, 2.24) is 25.0 Å². The molecule has 3 aromatic rings. The Labute approximate surface area is 189 Å². The summed E-state index contributed by atoms with van der Waals surface area (Å²) in [4.78, 5) is 10.3. The fourth-order valence-corrected chi connectivity index (χ4v) is 4.29. The summed E-state index contributed by atoms with van der Waals surface area (Å²) in [6.07, 6.45) is 9.45. The Hall–Kier alpha value is -2.03. The highest BCUT2D eigenvalue weighted by Gasteiger charge is 2.26. The van der Waals surface area contributed by atoms with Crippen molar-refractivity contribution in [2.24, 2.45) is 12.0 Å². The van der Waals surface area contributed by atoms with Crippen LogP contribution in [0.1, 0.15) is 36.0 Å². The number of guanidine groups is 1. The second-order valence-electron chi connectivity index (χ2n) is 7.61. The van der Waals surface area contributed by atoms with Crippen molar-refractivity contribution >= 4 is 40.8 Å². The lowest BCUT2D eigenvalue weighted by atomic mass is 10.0. The van der Waals surface area contributed by atoms with E-state index in [2.05, 4.69) is 62.8 Å². The molecule has 1 unspecified atom stereocenters. The number of aryl methyl sites for hydroxylation is 2. The van der Waals surface area contributed by atoms with Gasteiger partial charge in [0, 0.05) is 62.9 Å². The van der Waals surface area contributed by atoms with Gasteiger partial charge in [0.05, 0.1) is 6.20 Å². The zero-order chi connectivity index (χ0) is 19.5. The van der Waals surface area contributed by atoms with E-state index in [1.54, 1.807) is 0 Å². The van der Waals surface area contributed by atoms with Crippen molar-refractivity contribution in [3.63, 3.8) is 0 Å². The van der Waals surface area contributed by atoms with Crippen LogP contribution in [0.4, 0.5) is 0 Å². The third kappa shape index (κ3) is 4.60. The number of nitrogens with zero attached hydrogens (tertiary/aromatic N) is 4. The highest BCUT2D eigenvalue weighted by Crippen LogP contribution is 2.27. The molecule has 2 N–H and O–H groups in total. The Morgan fingerprint density at radius 2 is 2.21 bits per heavy atom. The second kappa shape index (κ2) is 9.65. The van der Waals surface area contributed by atoms with Crippen LogP contribution in [0.2, 0.25) is 0 Å². The van der Waals surface area contributed by atoms with E-state index in [0.29, 0.717) is 5.92 Å². The summed E-state index contributed by atoms with van der Waals surface area (Å²) in [6, 6.07) is 6.58. The number of fused-ring (bicyclic) bond motifs is 1. The first-order valence-electron chi connectivity index (χ1n) is 10.2. The number of rotatable bonds is 5. The molecule has 4 rings (SSSR count). The van der Waals surface area contributed by atoms with Crippen LogP contribution in [-0.4, -0.2) is 52.3 Å². The molecular formula is C22H31IN6. The van der Waals surface area contributed by atoms with Crippen LogP contribution in [0, 0.1) is 0 Å². The van der Waals surface area contributed by atoms with Crippen molar-refractivity contribution < 1.29 is 0 Å². The number of hydrogen-bond donors (Lipinski definition) is 2. The number of para-hydroxylation sites is 1. The van der Waals surface area contributed by atoms with Gasteiger partial charge in [-0.15, -0.1) is 24.0 Å². The smallest absolute Gasteiger partial charge is 0.193 e. The standard InChI is InChI=1S/C22H30N6.HI/c1-4-16-6-5-7-20-17(12-25-21(16)20)8-10-24-22(23-2)28-11-9-18(15-28)19-13-26-27(3)14-19;/h5-7,12-14,18,25H,4,8-11,15H2,1-3H3,(H,23,24);1H. The second-order valence-corrected chi connectivity index (χ2v) is 7.61. The number of hydrogen-bond acceptors (Lipinski definition) is 2. The van der Waals surface area contributed by atoms with Gasteiger partial charge in [0.15, 0.2) is 5.96 Å². The maximum atomic E-state index is 4.51. The average Bonchev–Trinajstić information content (AvgIpc) is 3.44. The van der Waals surface area contributed by atoms with Crippen LogP contribution in [0.5, 0.6) is 0 Å². The lowest BCUT2D eigenvalue weighted by Gasteiger charge is -2.21. The molecule has 1 saturated heterocycles. The first kappa shape index (κ1) is 21.7. The molecule has 0 amide bonds. The van der Waals surface area contributed by atoms with E-state index in [1.165, 1.54) is 27.6 Å². The number of benzene rings is 1. The molecule has 0 radical (unpaired) electrons. The zero-order valence-corrected chi connectivity index (χ0v) is 19.8. The topological polar surface area (TPSA) is 61.2 Å². The number of aromatic nitrogens is 3. The van der Waals surface area contributed by atoms with E-state index in [9.17, 15) is 0 Å². The molecule has 1 aliphatic heterocycles. The van der Waals surface area contributed by atoms with Gasteiger partial charge in [-0.25, -0.2) is 0 Å². The number of likely N-dealkylation sites (tertiary alicyclic amines) is 1. The summed E-state index contributed by atoms with van der Waals surface area (Å²) in [7, 11) is 3.85. The van der Waals surface area contributed by atoms with Gasteiger partial charge in [-0.1, -0.05) is 25.1 Å². The average molecular weight is 506 g/mol. The predicted octanol–water partition coefficient (Wildman–Crippen LogP) is 3.69. The Balaban J connectivity index is 0.00000240. The minimum Gasteiger partial charge on any atom is -0.361 e. The lowest BCUT2D eigenvalue weighted by molar-refractivity contribution is 0.486. The molecule has 6 nitrogen and oxygen atoms in total. The molecule has 1 atom stereocenters. The van der Waals surface area contributed by atoms with Crippen LogP contribution in [0.15, 0.2) is 41.8 Å². The summed E-state index contributed by atoms with van der Waals surface area (Å²) in [5.41, 5.74) is 5.35. The molecule has 0 spiro atoms. The largest absolute Gasteiger partial charge is 0.361 e. The highest BCUT2D eigenvalue weighted by molar-refractivity contribution is 14.0. The molecular weight excluding hydrogens is 475 g/mol. The number of aromatic amines is 1. The molecule has 1 fully saturated rings. The Kier molecular flexibility index (Phi) is 7.21. The summed E-state index contributed by atoms with van der Waals surface area (Å²) >= 11 is 0. The Bertz CT molecular complexity index is 973. The SMILES string of the molecule is CCc1cccc2c(CCNC(=NC)N3CCC(c4cnn(C)c4)C3)c[nH]c12.I. The molecule has 0 aliphatic carbocycles. The van der Waals surface area contributed by atoms with Gasteiger partial charge < -0.3 is 15.2 Å². The Morgan fingerprint density at radius 3 is 2.93 bits per heavy atom. The van der Waals surface area contributed by atoms with Gasteiger partial charge in [-0.3, -0.25) is 9.67 Å². The molecule has 1 aromatic carbocycles. The first-order chi connectivity index (χ1) is 13.7. The molecule has 3 heterocycles. The van der Waals surface area contributed by atoms with Gasteiger partial charge in [0.25, 0.3) is 0 Å². The molecule has 156 valence electrons. The minimum absolute atomic E-state index is 0. The van der Waals surface area contributed by atoms with Crippen molar-refractivity contribution in [3.05, 3.63) is 53.5 Å². The minimum atomic E-state index is 0. The van der Waals surface area contributed by atoms with Gasteiger partial charge in [0.2, 0.25) is 0 Å². The van der Waals surface area contributed by atoms with Crippen LogP contribution < -0.4 is 5.32 Å². The third-order valence-electron chi connectivity index (χ3n) is 5.84. The fraction of sp³-hybridized carbons (Fsp3) is 0.455. The molecule has 7 heteroatoms. The van der Waals surface area contributed by atoms with Crippen molar-refractivity contribution in [2.75, 3.05) is 26.7 Å². The van der Waals surface area contributed by atoms with E-state index in [4.69, 9.17) is 0 Å². The van der Waals surface area contributed by atoms with Crippen LogP contribution >= 0.6 is 24.0 Å². The van der Waals surface area contributed by atoms with E-state index in [-0.39, 0.29) is 24.0 Å². The zero-order valence-electron chi connectivity index (χ0n) is 17.5. The molecule has 2 aromatic heterocycles. The maximum Gasteiger partial charge on any atom is 0.193 e. The quantitative estimate of drug-likeness (QED) is 0.315. The fourth-order valence-electron chi connectivity index (χ4n) is 4.29. The Morgan fingerprint density at radius 1 is 1.34 bits per heavy atom. The van der Waals surface area contributed by atoms with E-state index < -0.39 is 0 Å². The summed E-state index contributed by atoms with van der Waals surface area (Å²) in [5, 5.41) is 9.22. The van der Waals surface area contributed by atoms with Gasteiger partial charge >= 0.3 is 0 Å². The lowest BCUT2D eigenvalue weighted by Crippen LogP contribution is -2.40. The van der Waals surface area contributed by atoms with E-state index in [0.717, 1.165) is 44.9 Å². The van der Waals surface area contributed by atoms with Gasteiger partial charge in [-0.2, -0.15) is 5.10 Å². The molecule has 29 heavy (non-hydrogen) atoms. The van der Waals surface area contributed by atoms with Crippen LogP contribution in [-0.2, 0) is 19.9 Å². The van der Waals surface area contributed by atoms with E-state index >= 15 is 0 Å². The molecule has 0 saturated carbocycles. The van der Waals surface area contributed by atoms with E-state index in [1.807, 2.05) is 25.0 Å². The summed E-state index contributed by atoms with van der Waals surface area (Å²) in [5.74, 6) is 1.54. The number of aliphatic imine (C=N–C) groups is 1. The number of H-pyrrole nitrogens is 1. The highest BCUT2D eigenvalue weighted by atomic mass is 127. The van der Waals surface area contributed by atoms with Gasteiger partial charge in [-0.05, 0) is 36.0 Å². The molecule has 0 bridgehead atoms. The van der Waals surface area contributed by atoms with Crippen LogP contribution in [0.25, 0.3) is 10.9 Å². The maximum absolute atomic E-state index is 4.51. The van der Waals surface area contributed by atoms with Crippen molar-refractivity contribution in [2.45, 2.75) is 32.1 Å². The van der Waals surface area contributed by atoms with Gasteiger partial charge in [0.1, 0.15) is 0 Å².